The van der Waals surface area contributed by atoms with Gasteiger partial charge in [-0.05, 0) is 59.5 Å². The topological polar surface area (TPSA) is 79.4 Å². The van der Waals surface area contributed by atoms with E-state index in [0.29, 0.717) is 23.0 Å². The van der Waals surface area contributed by atoms with Crippen LogP contribution in [0.3, 0.4) is 0 Å². The number of carbonyl (C=O) groups excluding carboxylic acids is 1. The van der Waals surface area contributed by atoms with Gasteiger partial charge in [0.1, 0.15) is 18.1 Å². The van der Waals surface area contributed by atoms with E-state index in [9.17, 15) is 4.79 Å². The maximum absolute atomic E-state index is 12.2. The van der Waals surface area contributed by atoms with Crippen molar-refractivity contribution < 1.29 is 9.53 Å². The van der Waals surface area contributed by atoms with Gasteiger partial charge >= 0.3 is 0 Å². The highest BCUT2D eigenvalue weighted by Gasteiger charge is 2.10. The molecular formula is C22H17ClN4O2S. The van der Waals surface area contributed by atoms with Crippen LogP contribution in [0.4, 0.5) is 0 Å². The molecule has 0 saturated carbocycles. The number of hydrogen-bond acceptors (Lipinski definition) is 5. The minimum Gasteiger partial charge on any atom is -0.489 e. The number of ether oxygens (including phenoxy) is 1. The van der Waals surface area contributed by atoms with Crippen LogP contribution in [0, 0.1) is 0 Å². The normalized spacial score (nSPS) is 11.0. The summed E-state index contributed by atoms with van der Waals surface area (Å²) in [6.45, 7) is 0.454. The molecular weight excluding hydrogens is 420 g/mol. The Hall–Kier alpha value is -3.42. The Morgan fingerprint density at radius 2 is 1.97 bits per heavy atom. The van der Waals surface area contributed by atoms with E-state index in [0.717, 1.165) is 21.8 Å². The first-order valence-corrected chi connectivity index (χ1v) is 10.3. The fraction of sp³-hybridized carbons (Fsp3) is 0.0455. The molecule has 2 aromatic carbocycles. The van der Waals surface area contributed by atoms with Gasteiger partial charge < -0.3 is 4.74 Å². The Morgan fingerprint density at radius 1 is 1.17 bits per heavy atom. The van der Waals surface area contributed by atoms with Crippen molar-refractivity contribution in [2.24, 2.45) is 5.10 Å². The summed E-state index contributed by atoms with van der Waals surface area (Å²) >= 11 is 7.43. The largest absolute Gasteiger partial charge is 0.489 e. The average Bonchev–Trinajstić information content (AvgIpc) is 3.46. The molecule has 0 bridgehead atoms. The molecule has 0 radical (unpaired) electrons. The molecule has 1 amide bonds. The molecule has 2 N–H and O–H groups in total. The maximum atomic E-state index is 12.2. The van der Waals surface area contributed by atoms with E-state index in [2.05, 4.69) is 20.7 Å². The van der Waals surface area contributed by atoms with Crippen LogP contribution in [0.2, 0.25) is 5.02 Å². The lowest BCUT2D eigenvalue weighted by Gasteiger charge is -2.07. The molecule has 4 rings (SSSR count). The third kappa shape index (κ3) is 5.14. The molecule has 0 spiro atoms. The maximum Gasteiger partial charge on any atom is 0.289 e. The lowest BCUT2D eigenvalue weighted by Crippen LogP contribution is -2.17. The molecule has 0 saturated heterocycles. The zero-order valence-corrected chi connectivity index (χ0v) is 17.3. The SMILES string of the molecule is O=C(N/N=C\c1cccs1)c1cc(-c2ccc(OCc3ccc(Cl)cc3)cc2)n[nH]1. The minimum absolute atomic E-state index is 0.330. The van der Waals surface area contributed by atoms with Gasteiger partial charge in [-0.25, -0.2) is 5.43 Å². The van der Waals surface area contributed by atoms with Crippen LogP contribution in [-0.4, -0.2) is 22.3 Å². The third-order valence-electron chi connectivity index (χ3n) is 4.19. The van der Waals surface area contributed by atoms with Gasteiger partial charge in [-0.3, -0.25) is 9.89 Å². The molecule has 0 atom stereocenters. The number of aromatic amines is 1. The highest BCUT2D eigenvalue weighted by Crippen LogP contribution is 2.22. The van der Waals surface area contributed by atoms with E-state index in [4.69, 9.17) is 16.3 Å². The second-order valence-electron chi connectivity index (χ2n) is 6.32. The number of carbonyl (C=O) groups is 1. The highest BCUT2D eigenvalue weighted by atomic mass is 35.5. The molecule has 0 aliphatic rings. The van der Waals surface area contributed by atoms with Crippen LogP contribution in [0.5, 0.6) is 5.75 Å². The molecule has 150 valence electrons. The van der Waals surface area contributed by atoms with Crippen LogP contribution >= 0.6 is 22.9 Å². The van der Waals surface area contributed by atoms with Crippen molar-refractivity contribution >= 4 is 35.1 Å². The first kappa shape index (κ1) is 19.9. The Kier molecular flexibility index (Phi) is 6.22. The summed E-state index contributed by atoms with van der Waals surface area (Å²) in [6, 6.07) is 20.6. The van der Waals surface area contributed by atoms with E-state index in [-0.39, 0.29) is 5.91 Å². The number of nitrogens with zero attached hydrogens (tertiary/aromatic N) is 2. The van der Waals surface area contributed by atoms with Crippen molar-refractivity contribution in [1.29, 1.82) is 0 Å². The summed E-state index contributed by atoms with van der Waals surface area (Å²) in [5.41, 5.74) is 5.38. The summed E-state index contributed by atoms with van der Waals surface area (Å²) in [4.78, 5) is 13.1. The van der Waals surface area contributed by atoms with Gasteiger partial charge in [0.15, 0.2) is 0 Å². The number of nitrogens with one attached hydrogen (secondary N) is 2. The van der Waals surface area contributed by atoms with Crippen molar-refractivity contribution in [3.05, 3.63) is 93.3 Å². The van der Waals surface area contributed by atoms with Gasteiger partial charge in [0.25, 0.3) is 5.91 Å². The second-order valence-corrected chi connectivity index (χ2v) is 7.74. The first-order chi connectivity index (χ1) is 14.7. The van der Waals surface area contributed by atoms with E-state index in [1.807, 2.05) is 66.0 Å². The van der Waals surface area contributed by atoms with Crippen LogP contribution < -0.4 is 10.2 Å². The number of thiophene rings is 1. The molecule has 0 fully saturated rings. The average molecular weight is 437 g/mol. The van der Waals surface area contributed by atoms with Crippen molar-refractivity contribution in [3.63, 3.8) is 0 Å². The summed E-state index contributed by atoms with van der Waals surface area (Å²) in [5.74, 6) is 0.384. The summed E-state index contributed by atoms with van der Waals surface area (Å²) in [6.07, 6.45) is 1.60. The van der Waals surface area contributed by atoms with Crippen molar-refractivity contribution in [3.8, 4) is 17.0 Å². The van der Waals surface area contributed by atoms with E-state index in [1.54, 1.807) is 12.3 Å². The highest BCUT2D eigenvalue weighted by molar-refractivity contribution is 7.11. The van der Waals surface area contributed by atoms with Crippen molar-refractivity contribution in [1.82, 2.24) is 15.6 Å². The van der Waals surface area contributed by atoms with Gasteiger partial charge in [-0.2, -0.15) is 10.2 Å². The van der Waals surface area contributed by atoms with Crippen LogP contribution in [0.15, 0.2) is 77.2 Å². The number of benzene rings is 2. The number of hydrogen-bond donors (Lipinski definition) is 2. The molecule has 6 nitrogen and oxygen atoms in total. The van der Waals surface area contributed by atoms with Gasteiger partial charge in [0, 0.05) is 15.5 Å². The molecule has 8 heteroatoms. The smallest absolute Gasteiger partial charge is 0.289 e. The van der Waals surface area contributed by atoms with Crippen LogP contribution in [0.25, 0.3) is 11.3 Å². The zero-order chi connectivity index (χ0) is 20.8. The number of H-pyrrole nitrogens is 1. The van der Waals surface area contributed by atoms with Gasteiger partial charge in [-0.15, -0.1) is 11.3 Å². The van der Waals surface area contributed by atoms with Crippen LogP contribution in [0.1, 0.15) is 20.9 Å². The molecule has 0 aliphatic carbocycles. The molecule has 30 heavy (non-hydrogen) atoms. The molecule has 2 aromatic heterocycles. The lowest BCUT2D eigenvalue weighted by atomic mass is 10.1. The first-order valence-electron chi connectivity index (χ1n) is 9.07. The predicted octanol–water partition coefficient (Wildman–Crippen LogP) is 5.13. The number of aromatic nitrogens is 2. The fourth-order valence-corrected chi connectivity index (χ4v) is 3.35. The number of rotatable bonds is 7. The predicted molar refractivity (Wildman–Crippen MR) is 119 cm³/mol. The second kappa shape index (κ2) is 9.39. The fourth-order valence-electron chi connectivity index (χ4n) is 2.63. The summed E-state index contributed by atoms with van der Waals surface area (Å²) < 4.78 is 5.79. The molecule has 0 aliphatic heterocycles. The minimum atomic E-state index is -0.357. The Balaban J connectivity index is 1.34. The Bertz CT molecular complexity index is 1140. The number of amides is 1. The zero-order valence-electron chi connectivity index (χ0n) is 15.7. The number of halogens is 1. The van der Waals surface area contributed by atoms with E-state index in [1.165, 1.54) is 11.3 Å². The van der Waals surface area contributed by atoms with Gasteiger partial charge in [0.05, 0.1) is 11.9 Å². The summed E-state index contributed by atoms with van der Waals surface area (Å²) in [7, 11) is 0. The summed E-state index contributed by atoms with van der Waals surface area (Å²) in [5, 5.41) is 13.5. The lowest BCUT2D eigenvalue weighted by molar-refractivity contribution is 0.0950. The van der Waals surface area contributed by atoms with Crippen LogP contribution in [-0.2, 0) is 6.61 Å². The van der Waals surface area contributed by atoms with Gasteiger partial charge in [-0.1, -0.05) is 29.8 Å². The standard InChI is InChI=1S/C22H17ClN4O2S/c23-17-7-3-15(4-8-17)14-29-18-9-5-16(6-10-18)20-12-21(26-25-20)22(28)27-24-13-19-2-1-11-30-19/h1-13H,14H2,(H,25,26)(H,27,28)/b24-13-. The number of hydrazone groups is 1. The van der Waals surface area contributed by atoms with Gasteiger partial charge in [0.2, 0.25) is 0 Å². The quantitative estimate of drug-likeness (QED) is 0.311. The Labute approximate surface area is 182 Å². The Morgan fingerprint density at radius 3 is 2.70 bits per heavy atom. The monoisotopic (exact) mass is 436 g/mol. The van der Waals surface area contributed by atoms with Crippen molar-refractivity contribution in [2.75, 3.05) is 0 Å². The van der Waals surface area contributed by atoms with E-state index >= 15 is 0 Å². The third-order valence-corrected chi connectivity index (χ3v) is 5.25. The van der Waals surface area contributed by atoms with E-state index < -0.39 is 0 Å². The molecule has 0 unspecified atom stereocenters. The van der Waals surface area contributed by atoms with Crippen molar-refractivity contribution in [2.45, 2.75) is 6.61 Å². The molecule has 4 aromatic rings. The molecule has 2 heterocycles.